The van der Waals surface area contributed by atoms with Gasteiger partial charge in [-0.25, -0.2) is 0 Å². The van der Waals surface area contributed by atoms with Crippen molar-refractivity contribution in [3.8, 4) is 0 Å². The summed E-state index contributed by atoms with van der Waals surface area (Å²) in [5.41, 5.74) is 1.09. The predicted molar refractivity (Wildman–Crippen MR) is 95.7 cm³/mol. The Hall–Kier alpha value is -0.0600. The number of fused-ring (bicyclic) bond motifs is 2. The third-order valence-corrected chi connectivity index (χ3v) is 6.91. The maximum absolute atomic E-state index is 12.5. The second-order valence-corrected chi connectivity index (χ2v) is 10.2. The van der Waals surface area contributed by atoms with Crippen LogP contribution in [-0.4, -0.2) is 15.0 Å². The summed E-state index contributed by atoms with van der Waals surface area (Å²) >= 11 is 2.22. The Morgan fingerprint density at radius 1 is 1.48 bits per heavy atom. The third kappa shape index (κ3) is 3.48. The van der Waals surface area contributed by atoms with E-state index in [0.717, 1.165) is 18.8 Å². The number of esters is 1. The number of carbonyl (C=O) groups excluding carboxylic acids is 1. The number of rotatable bonds is 4. The summed E-state index contributed by atoms with van der Waals surface area (Å²) in [5, 5.41) is 0. The van der Waals surface area contributed by atoms with Gasteiger partial charge < -0.3 is 4.74 Å². The maximum Gasteiger partial charge on any atom is 0.322 e. The highest BCUT2D eigenvalue weighted by atomic mass is 127. The van der Waals surface area contributed by atoms with Gasteiger partial charge in [0.2, 0.25) is 0 Å². The normalized spacial score (nSPS) is 32.1. The fourth-order valence-corrected chi connectivity index (χ4v) is 3.74. The smallest absolute Gasteiger partial charge is 0.322 e. The highest BCUT2D eigenvalue weighted by Crippen LogP contribution is 2.50. The van der Waals surface area contributed by atoms with Crippen molar-refractivity contribution in [3.63, 3.8) is 0 Å². The predicted octanol–water partition coefficient (Wildman–Crippen LogP) is 5.44. The van der Waals surface area contributed by atoms with Crippen molar-refractivity contribution in [1.29, 1.82) is 0 Å². The number of hydrogen-bond donors (Lipinski definition) is 0. The molecule has 120 valence electrons. The summed E-state index contributed by atoms with van der Waals surface area (Å²) < 4.78 is 5.58. The van der Waals surface area contributed by atoms with Gasteiger partial charge in [0, 0.05) is 5.41 Å². The van der Waals surface area contributed by atoms with Crippen LogP contribution in [0.5, 0.6) is 0 Å². The van der Waals surface area contributed by atoms with Crippen LogP contribution in [0.4, 0.5) is 0 Å². The van der Waals surface area contributed by atoms with E-state index >= 15 is 0 Å². The van der Waals surface area contributed by atoms with Crippen LogP contribution in [0.2, 0.25) is 0 Å². The Morgan fingerprint density at radius 3 is 2.71 bits per heavy atom. The molecule has 0 aliphatic heterocycles. The lowest BCUT2D eigenvalue weighted by Crippen LogP contribution is -2.49. The van der Waals surface area contributed by atoms with Crippen molar-refractivity contribution in [3.05, 3.63) is 11.6 Å². The molecule has 2 aliphatic rings. The minimum atomic E-state index is -0.451. The van der Waals surface area contributed by atoms with Crippen molar-refractivity contribution >= 4 is 28.6 Å². The largest absolute Gasteiger partial charge is 0.458 e. The van der Waals surface area contributed by atoms with Crippen LogP contribution >= 0.6 is 22.6 Å². The van der Waals surface area contributed by atoms with E-state index in [4.69, 9.17) is 4.74 Å². The fraction of sp³-hybridized carbons (Fsp3) is 0.833. The first-order valence-electron chi connectivity index (χ1n) is 8.22. The molecule has 0 aromatic heterocycles. The number of carbonyl (C=O) groups is 1. The zero-order valence-electron chi connectivity index (χ0n) is 14.1. The topological polar surface area (TPSA) is 26.3 Å². The molecular weight excluding hydrogens is 375 g/mol. The van der Waals surface area contributed by atoms with Crippen LogP contribution in [0.25, 0.3) is 0 Å². The summed E-state index contributed by atoms with van der Waals surface area (Å²) in [5.74, 6) is 0.699. The molecule has 2 rings (SSSR count). The first kappa shape index (κ1) is 17.3. The number of hydrogen-bond acceptors (Lipinski definition) is 2. The van der Waals surface area contributed by atoms with E-state index in [9.17, 15) is 4.79 Å². The van der Waals surface area contributed by atoms with Crippen molar-refractivity contribution in [1.82, 2.24) is 0 Å². The Bertz CT molecular complexity index is 450. The Kier molecular flexibility index (Phi) is 4.83. The Labute approximate surface area is 143 Å². The van der Waals surface area contributed by atoms with E-state index in [-0.39, 0.29) is 11.4 Å². The van der Waals surface area contributed by atoms with E-state index in [1.807, 2.05) is 13.8 Å². The molecule has 0 spiro atoms. The van der Waals surface area contributed by atoms with Gasteiger partial charge in [0.1, 0.15) is 9.02 Å². The van der Waals surface area contributed by atoms with E-state index < -0.39 is 9.02 Å². The monoisotopic (exact) mass is 404 g/mol. The number of alkyl halides is 1. The maximum atomic E-state index is 12.5. The second-order valence-electron chi connectivity index (χ2n) is 7.84. The van der Waals surface area contributed by atoms with E-state index in [0.29, 0.717) is 0 Å². The molecule has 2 bridgehead atoms. The van der Waals surface area contributed by atoms with E-state index in [1.165, 1.54) is 25.7 Å². The SMILES string of the molecule is CCC(C)(I)C(=O)OC(C)(C)C1(C)C=C2CCCC(C2)C1. The highest BCUT2D eigenvalue weighted by Gasteiger charge is 2.48. The van der Waals surface area contributed by atoms with Gasteiger partial charge in [0.15, 0.2) is 0 Å². The molecule has 0 aromatic carbocycles. The molecule has 2 nitrogen and oxygen atoms in total. The molecule has 0 aromatic rings. The third-order valence-electron chi connectivity index (χ3n) is 5.71. The molecule has 0 radical (unpaired) electrons. The average Bonchev–Trinajstić information content (AvgIpc) is 2.37. The van der Waals surface area contributed by atoms with E-state index in [1.54, 1.807) is 5.57 Å². The molecular formula is C18H29IO2. The lowest BCUT2D eigenvalue weighted by atomic mass is 9.61. The number of halogens is 1. The summed E-state index contributed by atoms with van der Waals surface area (Å²) in [6.45, 7) is 10.4. The molecule has 1 saturated carbocycles. The lowest BCUT2D eigenvalue weighted by Gasteiger charge is -2.48. The molecule has 3 unspecified atom stereocenters. The van der Waals surface area contributed by atoms with Gasteiger partial charge in [-0.05, 0) is 65.2 Å². The zero-order chi connectivity index (χ0) is 15.9. The first-order chi connectivity index (χ1) is 9.60. The summed E-state index contributed by atoms with van der Waals surface area (Å²) in [6.07, 6.45) is 9.51. The van der Waals surface area contributed by atoms with E-state index in [2.05, 4.69) is 49.4 Å². The van der Waals surface area contributed by atoms with Gasteiger partial charge in [-0.3, -0.25) is 4.79 Å². The average molecular weight is 404 g/mol. The minimum Gasteiger partial charge on any atom is -0.458 e. The molecule has 3 heteroatoms. The van der Waals surface area contributed by atoms with Gasteiger partial charge >= 0.3 is 5.97 Å². The zero-order valence-corrected chi connectivity index (χ0v) is 16.2. The molecule has 0 amide bonds. The Morgan fingerprint density at radius 2 is 2.14 bits per heavy atom. The van der Waals surface area contributed by atoms with Gasteiger partial charge in [-0.1, -0.05) is 48.1 Å². The number of allylic oxidation sites excluding steroid dienone is 1. The number of ether oxygens (including phenoxy) is 1. The summed E-state index contributed by atoms with van der Waals surface area (Å²) in [6, 6.07) is 0. The molecule has 1 fully saturated rings. The lowest BCUT2D eigenvalue weighted by molar-refractivity contribution is -0.170. The van der Waals surface area contributed by atoms with Gasteiger partial charge in [0.05, 0.1) is 0 Å². The summed E-state index contributed by atoms with van der Waals surface area (Å²) in [4.78, 5) is 12.5. The van der Waals surface area contributed by atoms with Gasteiger partial charge in [0.25, 0.3) is 0 Å². The van der Waals surface area contributed by atoms with Crippen molar-refractivity contribution in [2.45, 2.75) is 82.2 Å². The molecule has 3 atom stereocenters. The molecule has 2 aliphatic carbocycles. The summed E-state index contributed by atoms with van der Waals surface area (Å²) in [7, 11) is 0. The van der Waals surface area contributed by atoms with Crippen LogP contribution < -0.4 is 0 Å². The van der Waals surface area contributed by atoms with Crippen LogP contribution in [0.3, 0.4) is 0 Å². The van der Waals surface area contributed by atoms with Crippen LogP contribution in [-0.2, 0) is 9.53 Å². The standard InChI is InChI=1S/C18H29IO2/c1-6-18(5,19)15(20)21-16(2,3)17(4)11-13-8-7-9-14(10-13)12-17/h11,14H,6-10,12H2,1-5H3. The van der Waals surface area contributed by atoms with Crippen molar-refractivity contribution in [2.75, 3.05) is 0 Å². The highest BCUT2D eigenvalue weighted by molar-refractivity contribution is 14.1. The van der Waals surface area contributed by atoms with Gasteiger partial charge in [-0.2, -0.15) is 0 Å². The molecule has 0 heterocycles. The quantitative estimate of drug-likeness (QED) is 0.270. The second kappa shape index (κ2) is 5.86. The fourth-order valence-electron chi connectivity index (χ4n) is 3.63. The minimum absolute atomic E-state index is 0.0399. The van der Waals surface area contributed by atoms with Crippen molar-refractivity contribution < 1.29 is 9.53 Å². The Balaban J connectivity index is 2.20. The van der Waals surface area contributed by atoms with Crippen LogP contribution in [0.1, 0.15) is 73.1 Å². The van der Waals surface area contributed by atoms with Crippen LogP contribution in [0, 0.1) is 11.3 Å². The molecule has 21 heavy (non-hydrogen) atoms. The van der Waals surface area contributed by atoms with Crippen LogP contribution in [0.15, 0.2) is 11.6 Å². The van der Waals surface area contributed by atoms with Crippen molar-refractivity contribution in [2.24, 2.45) is 11.3 Å². The molecule has 0 saturated heterocycles. The first-order valence-corrected chi connectivity index (χ1v) is 9.30. The van der Waals surface area contributed by atoms with Gasteiger partial charge in [-0.15, -0.1) is 0 Å². The molecule has 0 N–H and O–H groups in total.